The van der Waals surface area contributed by atoms with Crippen molar-refractivity contribution in [2.24, 2.45) is 5.73 Å². The highest BCUT2D eigenvalue weighted by atomic mass is 32.1. The number of amides is 1. The Morgan fingerprint density at radius 2 is 2.00 bits per heavy atom. The molecule has 1 aromatic carbocycles. The van der Waals surface area contributed by atoms with Gasteiger partial charge in [0.2, 0.25) is 5.91 Å². The summed E-state index contributed by atoms with van der Waals surface area (Å²) in [7, 11) is 0. The van der Waals surface area contributed by atoms with E-state index in [1.54, 1.807) is 18.3 Å². The van der Waals surface area contributed by atoms with E-state index in [-0.39, 0.29) is 11.9 Å². The van der Waals surface area contributed by atoms with Crippen molar-refractivity contribution in [2.45, 2.75) is 32.4 Å². The number of aryl methyl sites for hydroxylation is 1. The highest BCUT2D eigenvalue weighted by Crippen LogP contribution is 2.27. The molecule has 3 nitrogen and oxygen atoms in total. The lowest BCUT2D eigenvalue weighted by Crippen LogP contribution is -2.40. The van der Waals surface area contributed by atoms with Gasteiger partial charge in [-0.2, -0.15) is 0 Å². The van der Waals surface area contributed by atoms with Crippen molar-refractivity contribution in [3.63, 3.8) is 0 Å². The number of thiophene rings is 1. The van der Waals surface area contributed by atoms with Crippen LogP contribution in [0.25, 0.3) is 0 Å². The summed E-state index contributed by atoms with van der Waals surface area (Å²) in [6.45, 7) is 3.78. The molecule has 0 saturated carbocycles. The molecule has 0 bridgehead atoms. The van der Waals surface area contributed by atoms with Crippen LogP contribution in [-0.2, 0) is 11.2 Å². The molecule has 1 unspecified atom stereocenters. The molecule has 20 heavy (non-hydrogen) atoms. The third kappa shape index (κ3) is 3.68. The van der Waals surface area contributed by atoms with E-state index in [4.69, 9.17) is 5.73 Å². The maximum atomic E-state index is 11.9. The lowest BCUT2D eigenvalue weighted by molar-refractivity contribution is -0.122. The Labute approximate surface area is 123 Å². The minimum Gasteiger partial charge on any atom is -0.347 e. The molecular formula is C16H20N2OS. The van der Waals surface area contributed by atoms with Crippen LogP contribution in [0.1, 0.15) is 29.0 Å². The molecule has 0 aliphatic carbocycles. The standard InChI is InChI=1S/C16H20N2OS/c1-11-8-9-20-15(11)14(18-16(19)12(2)17)10-13-6-4-3-5-7-13/h3-9,12,14H,10,17H2,1-2H3,(H,18,19)/t12-,14?/m1/s1. The van der Waals surface area contributed by atoms with Crippen molar-refractivity contribution in [3.05, 3.63) is 57.8 Å². The van der Waals surface area contributed by atoms with Gasteiger partial charge in [-0.15, -0.1) is 11.3 Å². The summed E-state index contributed by atoms with van der Waals surface area (Å²) < 4.78 is 0. The first-order valence-electron chi connectivity index (χ1n) is 6.72. The van der Waals surface area contributed by atoms with Crippen molar-refractivity contribution in [3.8, 4) is 0 Å². The molecule has 3 N–H and O–H groups in total. The molecule has 1 aromatic heterocycles. The molecular weight excluding hydrogens is 268 g/mol. The van der Waals surface area contributed by atoms with E-state index >= 15 is 0 Å². The molecule has 2 aromatic rings. The minimum atomic E-state index is -0.492. The molecule has 0 aliphatic heterocycles. The molecule has 2 atom stereocenters. The van der Waals surface area contributed by atoms with Gasteiger partial charge in [0.15, 0.2) is 0 Å². The van der Waals surface area contributed by atoms with Crippen molar-refractivity contribution >= 4 is 17.2 Å². The van der Waals surface area contributed by atoms with Crippen molar-refractivity contribution < 1.29 is 4.79 Å². The first kappa shape index (κ1) is 14.8. The fraction of sp³-hybridized carbons (Fsp3) is 0.312. The zero-order valence-corrected chi connectivity index (χ0v) is 12.6. The Bertz CT molecular complexity index is 563. The SMILES string of the molecule is Cc1ccsc1C(Cc1ccccc1)NC(=O)[C@@H](C)N. The van der Waals surface area contributed by atoms with Crippen LogP contribution in [0, 0.1) is 6.92 Å². The average molecular weight is 288 g/mol. The van der Waals surface area contributed by atoms with E-state index in [9.17, 15) is 4.79 Å². The van der Waals surface area contributed by atoms with Crippen molar-refractivity contribution in [1.29, 1.82) is 0 Å². The van der Waals surface area contributed by atoms with E-state index in [1.165, 1.54) is 16.0 Å². The summed E-state index contributed by atoms with van der Waals surface area (Å²) in [5.41, 5.74) is 8.07. The van der Waals surface area contributed by atoms with Gasteiger partial charge in [0.05, 0.1) is 12.1 Å². The largest absolute Gasteiger partial charge is 0.347 e. The van der Waals surface area contributed by atoms with Crippen LogP contribution in [0.4, 0.5) is 0 Å². The molecule has 0 fully saturated rings. The van der Waals surface area contributed by atoms with Gasteiger partial charge in [-0.1, -0.05) is 30.3 Å². The third-order valence-electron chi connectivity index (χ3n) is 3.23. The Hall–Kier alpha value is -1.65. The van der Waals surface area contributed by atoms with Crippen LogP contribution in [0.5, 0.6) is 0 Å². The molecule has 1 amide bonds. The molecule has 0 aliphatic rings. The quantitative estimate of drug-likeness (QED) is 0.889. The summed E-state index contributed by atoms with van der Waals surface area (Å²) in [4.78, 5) is 13.1. The summed E-state index contributed by atoms with van der Waals surface area (Å²) in [6, 6.07) is 11.7. The highest BCUT2D eigenvalue weighted by Gasteiger charge is 2.19. The highest BCUT2D eigenvalue weighted by molar-refractivity contribution is 7.10. The van der Waals surface area contributed by atoms with E-state index < -0.39 is 6.04 Å². The minimum absolute atomic E-state index is 0.0177. The normalized spacial score (nSPS) is 13.8. The second-order valence-electron chi connectivity index (χ2n) is 5.01. The topological polar surface area (TPSA) is 55.1 Å². The van der Waals surface area contributed by atoms with Crippen molar-refractivity contribution in [2.75, 3.05) is 0 Å². The molecule has 1 heterocycles. The fourth-order valence-electron chi connectivity index (χ4n) is 2.10. The average Bonchev–Trinajstić information content (AvgIpc) is 2.85. The van der Waals surface area contributed by atoms with Gasteiger partial charge < -0.3 is 11.1 Å². The predicted molar refractivity (Wildman–Crippen MR) is 83.7 cm³/mol. The number of nitrogens with one attached hydrogen (secondary N) is 1. The number of carbonyl (C=O) groups is 1. The number of rotatable bonds is 5. The summed E-state index contributed by atoms with van der Waals surface area (Å²) in [5.74, 6) is -0.112. The Morgan fingerprint density at radius 1 is 1.30 bits per heavy atom. The molecule has 0 saturated heterocycles. The van der Waals surface area contributed by atoms with Crippen LogP contribution >= 0.6 is 11.3 Å². The summed E-state index contributed by atoms with van der Waals surface area (Å²) in [6.07, 6.45) is 0.778. The monoisotopic (exact) mass is 288 g/mol. The molecule has 2 rings (SSSR count). The maximum Gasteiger partial charge on any atom is 0.237 e. The fourth-order valence-corrected chi connectivity index (χ4v) is 3.08. The van der Waals surface area contributed by atoms with Crippen LogP contribution in [0.3, 0.4) is 0 Å². The van der Waals surface area contributed by atoms with E-state index in [1.807, 2.05) is 18.2 Å². The summed E-state index contributed by atoms with van der Waals surface area (Å²) in [5, 5.41) is 5.11. The lowest BCUT2D eigenvalue weighted by atomic mass is 10.0. The molecule has 0 spiro atoms. The number of hydrogen-bond acceptors (Lipinski definition) is 3. The third-order valence-corrected chi connectivity index (χ3v) is 4.36. The van der Waals surface area contributed by atoms with E-state index in [0.717, 1.165) is 6.42 Å². The Balaban J connectivity index is 2.21. The van der Waals surface area contributed by atoms with Crippen molar-refractivity contribution in [1.82, 2.24) is 5.32 Å². The summed E-state index contributed by atoms with van der Waals surface area (Å²) >= 11 is 1.68. The van der Waals surface area contributed by atoms with Gasteiger partial charge >= 0.3 is 0 Å². The van der Waals surface area contributed by atoms with Gasteiger partial charge in [0.1, 0.15) is 0 Å². The predicted octanol–water partition coefficient (Wildman–Crippen LogP) is 2.80. The first-order chi connectivity index (χ1) is 9.58. The van der Waals surface area contributed by atoms with Crippen LogP contribution < -0.4 is 11.1 Å². The molecule has 4 heteroatoms. The van der Waals surface area contributed by atoms with Crippen LogP contribution in [-0.4, -0.2) is 11.9 Å². The number of nitrogens with two attached hydrogens (primary N) is 1. The zero-order chi connectivity index (χ0) is 14.5. The Morgan fingerprint density at radius 3 is 2.55 bits per heavy atom. The van der Waals surface area contributed by atoms with Crippen LogP contribution in [0.15, 0.2) is 41.8 Å². The number of hydrogen-bond donors (Lipinski definition) is 2. The van der Waals surface area contributed by atoms with Gasteiger partial charge in [-0.3, -0.25) is 4.79 Å². The number of carbonyl (C=O) groups excluding carboxylic acids is 1. The van der Waals surface area contributed by atoms with Gasteiger partial charge in [-0.05, 0) is 42.8 Å². The zero-order valence-electron chi connectivity index (χ0n) is 11.8. The second-order valence-corrected chi connectivity index (χ2v) is 5.96. The van der Waals surface area contributed by atoms with Crippen LogP contribution in [0.2, 0.25) is 0 Å². The maximum absolute atomic E-state index is 11.9. The smallest absolute Gasteiger partial charge is 0.237 e. The number of benzene rings is 1. The van der Waals surface area contributed by atoms with E-state index in [0.29, 0.717) is 0 Å². The van der Waals surface area contributed by atoms with Gasteiger partial charge in [-0.25, -0.2) is 0 Å². The lowest BCUT2D eigenvalue weighted by Gasteiger charge is -2.20. The molecule has 0 radical (unpaired) electrons. The molecule has 106 valence electrons. The second kappa shape index (κ2) is 6.68. The van der Waals surface area contributed by atoms with Gasteiger partial charge in [0.25, 0.3) is 0 Å². The van der Waals surface area contributed by atoms with E-state index in [2.05, 4.69) is 35.8 Å². The first-order valence-corrected chi connectivity index (χ1v) is 7.59. The Kier molecular flexibility index (Phi) is 4.93. The van der Waals surface area contributed by atoms with Gasteiger partial charge in [0, 0.05) is 4.88 Å².